The molecule has 0 aromatic heterocycles. The third-order valence-electron chi connectivity index (χ3n) is 7.49. The average Bonchev–Trinajstić information content (AvgIpc) is 2.87. The number of halogens is 1. The Hall–Kier alpha value is -2.59. The van der Waals surface area contributed by atoms with Gasteiger partial charge in [0.15, 0.2) is 0 Å². The first-order valence-corrected chi connectivity index (χ1v) is 13.0. The van der Waals surface area contributed by atoms with Crippen LogP contribution in [0.15, 0.2) is 54.6 Å². The Labute approximate surface area is 199 Å². The van der Waals surface area contributed by atoms with Gasteiger partial charge in [-0.1, -0.05) is 87.8 Å². The molecule has 0 unspecified atom stereocenters. The van der Waals surface area contributed by atoms with Crippen molar-refractivity contribution in [2.24, 2.45) is 5.92 Å². The maximum absolute atomic E-state index is 15.2. The summed E-state index contributed by atoms with van der Waals surface area (Å²) < 4.78 is 15.2. The molecule has 0 heterocycles. The Bertz CT molecular complexity index is 1100. The Balaban J connectivity index is 1.45. The molecule has 0 radical (unpaired) electrons. The highest BCUT2D eigenvalue weighted by molar-refractivity contribution is 5.85. The van der Waals surface area contributed by atoms with Crippen molar-refractivity contribution in [1.82, 2.24) is 0 Å². The monoisotopic (exact) mass is 440 g/mol. The average molecular weight is 441 g/mol. The summed E-state index contributed by atoms with van der Waals surface area (Å²) in [6, 6.07) is 18.6. The van der Waals surface area contributed by atoms with Gasteiger partial charge in [0.25, 0.3) is 0 Å². The molecule has 1 aliphatic rings. The summed E-state index contributed by atoms with van der Waals surface area (Å²) in [7, 11) is 0. The maximum atomic E-state index is 15.2. The second kappa shape index (κ2) is 11.5. The van der Waals surface area contributed by atoms with Crippen LogP contribution in [0.4, 0.5) is 4.39 Å². The molecule has 0 aliphatic heterocycles. The van der Waals surface area contributed by atoms with Gasteiger partial charge in [-0.15, -0.1) is 0 Å². The molecule has 0 nitrogen and oxygen atoms in total. The van der Waals surface area contributed by atoms with Crippen molar-refractivity contribution >= 4 is 10.8 Å². The maximum Gasteiger partial charge on any atom is 0.146 e. The Kier molecular flexibility index (Phi) is 8.22. The van der Waals surface area contributed by atoms with Crippen LogP contribution in [0.1, 0.15) is 99.8 Å². The summed E-state index contributed by atoms with van der Waals surface area (Å²) in [5.74, 6) is 7.53. The predicted molar refractivity (Wildman–Crippen MR) is 139 cm³/mol. The molecule has 1 saturated carbocycles. The topological polar surface area (TPSA) is 0 Å². The summed E-state index contributed by atoms with van der Waals surface area (Å²) in [6.45, 7) is 4.54. The van der Waals surface area contributed by atoms with Crippen LogP contribution in [-0.2, 0) is 6.42 Å². The summed E-state index contributed by atoms with van der Waals surface area (Å²) in [5.41, 5.74) is 4.13. The highest BCUT2D eigenvalue weighted by atomic mass is 19.1. The first kappa shape index (κ1) is 23.6. The molecule has 0 saturated heterocycles. The largest absolute Gasteiger partial charge is 0.205 e. The van der Waals surface area contributed by atoms with Crippen molar-refractivity contribution in [2.75, 3.05) is 0 Å². The van der Waals surface area contributed by atoms with Gasteiger partial charge in [0, 0.05) is 10.9 Å². The minimum Gasteiger partial charge on any atom is -0.205 e. The lowest BCUT2D eigenvalue weighted by molar-refractivity contribution is 0.319. The van der Waals surface area contributed by atoms with Crippen LogP contribution in [0.3, 0.4) is 0 Å². The molecule has 3 aromatic carbocycles. The van der Waals surface area contributed by atoms with Crippen molar-refractivity contribution in [3.63, 3.8) is 0 Å². The summed E-state index contributed by atoms with van der Waals surface area (Å²) >= 11 is 0. The lowest BCUT2D eigenvalue weighted by atomic mass is 9.77. The van der Waals surface area contributed by atoms with Gasteiger partial charge in [-0.25, -0.2) is 4.39 Å². The second-order valence-corrected chi connectivity index (χ2v) is 9.79. The number of fused-ring (bicyclic) bond motifs is 1. The Morgan fingerprint density at radius 3 is 2.33 bits per heavy atom. The minimum absolute atomic E-state index is 0.200. The lowest BCUT2D eigenvalue weighted by Gasteiger charge is -2.28. The molecule has 3 aromatic rings. The van der Waals surface area contributed by atoms with E-state index in [1.165, 1.54) is 68.9 Å². The molecular formula is C32H37F. The quantitative estimate of drug-likeness (QED) is 0.254. The first-order valence-electron chi connectivity index (χ1n) is 13.0. The molecule has 33 heavy (non-hydrogen) atoms. The third kappa shape index (κ3) is 6.05. The summed E-state index contributed by atoms with van der Waals surface area (Å²) in [4.78, 5) is 0. The van der Waals surface area contributed by atoms with Gasteiger partial charge in [0.05, 0.1) is 5.56 Å². The van der Waals surface area contributed by atoms with Crippen LogP contribution in [0, 0.1) is 23.6 Å². The Morgan fingerprint density at radius 1 is 0.818 bits per heavy atom. The molecule has 1 aliphatic carbocycles. The fourth-order valence-electron chi connectivity index (χ4n) is 5.21. The third-order valence-corrected chi connectivity index (χ3v) is 7.49. The highest BCUT2D eigenvalue weighted by Crippen LogP contribution is 2.38. The molecule has 1 heteroatoms. The number of unbranched alkanes of at least 4 members (excludes halogenated alkanes) is 3. The molecule has 1 fully saturated rings. The lowest BCUT2D eigenvalue weighted by Crippen LogP contribution is -2.12. The van der Waals surface area contributed by atoms with E-state index in [1.54, 1.807) is 0 Å². The Morgan fingerprint density at radius 2 is 1.61 bits per heavy atom. The van der Waals surface area contributed by atoms with Crippen molar-refractivity contribution in [1.29, 1.82) is 0 Å². The van der Waals surface area contributed by atoms with Crippen molar-refractivity contribution in [3.8, 4) is 11.8 Å². The normalized spacial score (nSPS) is 18.2. The van der Waals surface area contributed by atoms with Gasteiger partial charge in [-0.2, -0.15) is 0 Å². The zero-order chi connectivity index (χ0) is 23.0. The van der Waals surface area contributed by atoms with E-state index in [0.717, 1.165) is 23.3 Å². The van der Waals surface area contributed by atoms with Gasteiger partial charge in [-0.3, -0.25) is 0 Å². The molecule has 4 rings (SSSR count). The fraction of sp³-hybridized carbons (Fsp3) is 0.438. The van der Waals surface area contributed by atoms with E-state index in [-0.39, 0.29) is 5.82 Å². The van der Waals surface area contributed by atoms with Crippen LogP contribution in [0.2, 0.25) is 0 Å². The van der Waals surface area contributed by atoms with Crippen molar-refractivity contribution < 1.29 is 4.39 Å². The van der Waals surface area contributed by atoms with Crippen LogP contribution >= 0.6 is 0 Å². The smallest absolute Gasteiger partial charge is 0.146 e. The summed E-state index contributed by atoms with van der Waals surface area (Å²) in [6.07, 6.45) is 12.7. The highest BCUT2D eigenvalue weighted by Gasteiger charge is 2.21. The van der Waals surface area contributed by atoms with E-state index >= 15 is 4.39 Å². The van der Waals surface area contributed by atoms with E-state index in [1.807, 2.05) is 18.2 Å². The van der Waals surface area contributed by atoms with E-state index in [0.29, 0.717) is 16.9 Å². The molecule has 172 valence electrons. The number of benzene rings is 3. The number of hydrogen-bond donors (Lipinski definition) is 0. The van der Waals surface area contributed by atoms with E-state index in [4.69, 9.17) is 0 Å². The molecular weight excluding hydrogens is 403 g/mol. The number of rotatable bonds is 7. The van der Waals surface area contributed by atoms with E-state index in [2.05, 4.69) is 62.1 Å². The van der Waals surface area contributed by atoms with E-state index < -0.39 is 0 Å². The second-order valence-electron chi connectivity index (χ2n) is 9.79. The predicted octanol–water partition coefficient (Wildman–Crippen LogP) is 9.19. The van der Waals surface area contributed by atoms with E-state index in [9.17, 15) is 0 Å². The standard InChI is InChI=1S/C32H37F/c1-3-5-6-7-8-25-9-11-26(12-10-25)15-18-28-19-20-30-23-29(21-22-31(30)32(28)33)27-16-13-24(4-2)14-17-27/h9-12,19-24,27H,3-8,13-14,16-17H2,1-2H3. The van der Waals surface area contributed by atoms with Crippen molar-refractivity contribution in [2.45, 2.75) is 84.0 Å². The SMILES string of the molecule is CCCCCCc1ccc(C#Cc2ccc3cc(C4CCC(CC)CC4)ccc3c2F)cc1. The molecule has 0 spiro atoms. The van der Waals surface area contributed by atoms with Gasteiger partial charge in [-0.05, 0) is 85.1 Å². The zero-order valence-corrected chi connectivity index (χ0v) is 20.3. The van der Waals surface area contributed by atoms with Gasteiger partial charge in [0.1, 0.15) is 5.82 Å². The van der Waals surface area contributed by atoms with Gasteiger partial charge >= 0.3 is 0 Å². The summed E-state index contributed by atoms with van der Waals surface area (Å²) in [5, 5.41) is 1.66. The van der Waals surface area contributed by atoms with Crippen LogP contribution < -0.4 is 0 Å². The van der Waals surface area contributed by atoms with Gasteiger partial charge < -0.3 is 0 Å². The molecule has 0 amide bonds. The van der Waals surface area contributed by atoms with Crippen LogP contribution in [0.25, 0.3) is 10.8 Å². The number of aryl methyl sites for hydroxylation is 1. The molecule has 0 atom stereocenters. The van der Waals surface area contributed by atoms with Crippen LogP contribution in [-0.4, -0.2) is 0 Å². The van der Waals surface area contributed by atoms with Crippen molar-refractivity contribution in [3.05, 3.63) is 82.7 Å². The minimum atomic E-state index is -0.200. The first-order chi connectivity index (χ1) is 16.2. The molecule has 0 N–H and O–H groups in total. The van der Waals surface area contributed by atoms with Gasteiger partial charge in [0.2, 0.25) is 0 Å². The fourth-order valence-corrected chi connectivity index (χ4v) is 5.21. The van der Waals surface area contributed by atoms with Crippen LogP contribution in [0.5, 0.6) is 0 Å². The molecule has 0 bridgehead atoms. The number of hydrogen-bond acceptors (Lipinski definition) is 0. The zero-order valence-electron chi connectivity index (χ0n) is 20.3.